The van der Waals surface area contributed by atoms with Gasteiger partial charge in [0.2, 0.25) is 0 Å². The summed E-state index contributed by atoms with van der Waals surface area (Å²) in [4.78, 5) is 20.8. The van der Waals surface area contributed by atoms with E-state index in [1.807, 2.05) is 0 Å². The van der Waals surface area contributed by atoms with Gasteiger partial charge in [-0.2, -0.15) is 0 Å². The number of sulfone groups is 1. The molecule has 0 aliphatic carbocycles. The second kappa shape index (κ2) is 6.47. The Hall–Kier alpha value is -1.96. The summed E-state index contributed by atoms with van der Waals surface area (Å²) in [6.07, 6.45) is 0.529. The number of hydrogen-bond acceptors (Lipinski definition) is 6. The van der Waals surface area contributed by atoms with Crippen molar-refractivity contribution in [3.63, 3.8) is 0 Å². The first-order chi connectivity index (χ1) is 9.27. The van der Waals surface area contributed by atoms with E-state index in [-0.39, 0.29) is 29.4 Å². The standard InChI is InChI=1S/C12H15NO6S/c1-9(2)20(17,18)6-5-19-12-7-10(8-14)3-4-11(12)13(15)16/h3-4,7-9H,5-6H2,1-2H3. The van der Waals surface area contributed by atoms with Gasteiger partial charge in [0.25, 0.3) is 0 Å². The zero-order valence-corrected chi connectivity index (χ0v) is 11.9. The van der Waals surface area contributed by atoms with E-state index in [9.17, 15) is 23.3 Å². The lowest BCUT2D eigenvalue weighted by Gasteiger charge is -2.09. The van der Waals surface area contributed by atoms with Crippen LogP contribution in [0.1, 0.15) is 24.2 Å². The third kappa shape index (κ3) is 4.02. The molecule has 1 aromatic rings. The highest BCUT2D eigenvalue weighted by Crippen LogP contribution is 2.27. The first-order valence-electron chi connectivity index (χ1n) is 5.86. The number of benzene rings is 1. The Kier molecular flexibility index (Phi) is 5.20. The van der Waals surface area contributed by atoms with Crippen LogP contribution in [0.2, 0.25) is 0 Å². The summed E-state index contributed by atoms with van der Waals surface area (Å²) in [5.74, 6) is -0.355. The van der Waals surface area contributed by atoms with Gasteiger partial charge in [0.1, 0.15) is 12.9 Å². The van der Waals surface area contributed by atoms with E-state index in [0.717, 1.165) is 6.07 Å². The summed E-state index contributed by atoms with van der Waals surface area (Å²) >= 11 is 0. The zero-order chi connectivity index (χ0) is 15.3. The topological polar surface area (TPSA) is 104 Å². The first-order valence-corrected chi connectivity index (χ1v) is 7.57. The molecule has 0 aliphatic rings. The van der Waals surface area contributed by atoms with Crippen LogP contribution in [0.15, 0.2) is 18.2 Å². The third-order valence-electron chi connectivity index (χ3n) is 2.66. The molecule has 0 bridgehead atoms. The molecule has 20 heavy (non-hydrogen) atoms. The van der Waals surface area contributed by atoms with Gasteiger partial charge in [-0.15, -0.1) is 0 Å². The first kappa shape index (κ1) is 16.1. The fourth-order valence-electron chi connectivity index (χ4n) is 1.37. The normalized spacial score (nSPS) is 11.3. The monoisotopic (exact) mass is 301 g/mol. The fourth-order valence-corrected chi connectivity index (χ4v) is 2.16. The molecule has 0 saturated heterocycles. The van der Waals surface area contributed by atoms with E-state index in [0.29, 0.717) is 6.29 Å². The molecule has 0 aromatic heterocycles. The van der Waals surface area contributed by atoms with E-state index < -0.39 is 20.0 Å². The molecular formula is C12H15NO6S. The molecule has 0 N–H and O–H groups in total. The van der Waals surface area contributed by atoms with Crippen LogP contribution in [0.3, 0.4) is 0 Å². The van der Waals surface area contributed by atoms with Crippen molar-refractivity contribution >= 4 is 21.8 Å². The number of nitrogens with zero attached hydrogens (tertiary/aromatic N) is 1. The highest BCUT2D eigenvalue weighted by Gasteiger charge is 2.19. The fraction of sp³-hybridized carbons (Fsp3) is 0.417. The summed E-state index contributed by atoms with van der Waals surface area (Å²) in [5.41, 5.74) is -0.0881. The van der Waals surface area contributed by atoms with E-state index in [1.54, 1.807) is 13.8 Å². The van der Waals surface area contributed by atoms with Crippen LogP contribution >= 0.6 is 0 Å². The number of ether oxygens (including phenoxy) is 1. The average molecular weight is 301 g/mol. The van der Waals surface area contributed by atoms with E-state index >= 15 is 0 Å². The van der Waals surface area contributed by atoms with Gasteiger partial charge in [-0.1, -0.05) is 0 Å². The van der Waals surface area contributed by atoms with E-state index in [1.165, 1.54) is 12.1 Å². The van der Waals surface area contributed by atoms with Crippen LogP contribution in [0.25, 0.3) is 0 Å². The SMILES string of the molecule is CC(C)S(=O)(=O)CCOc1cc(C=O)ccc1[N+](=O)[O-]. The lowest BCUT2D eigenvalue weighted by molar-refractivity contribution is -0.385. The van der Waals surface area contributed by atoms with Crippen molar-refractivity contribution in [3.05, 3.63) is 33.9 Å². The molecule has 0 amide bonds. The molecule has 1 rings (SSSR count). The van der Waals surface area contributed by atoms with Crippen LogP contribution in [0.4, 0.5) is 5.69 Å². The Balaban J connectivity index is 2.86. The van der Waals surface area contributed by atoms with Gasteiger partial charge >= 0.3 is 5.69 Å². The highest BCUT2D eigenvalue weighted by atomic mass is 32.2. The minimum Gasteiger partial charge on any atom is -0.486 e. The van der Waals surface area contributed by atoms with Crippen LogP contribution in [0, 0.1) is 10.1 Å². The Bertz CT molecular complexity index is 608. The largest absolute Gasteiger partial charge is 0.486 e. The van der Waals surface area contributed by atoms with Gasteiger partial charge in [-0.3, -0.25) is 14.9 Å². The average Bonchev–Trinajstić information content (AvgIpc) is 2.37. The molecule has 7 nitrogen and oxygen atoms in total. The van der Waals surface area contributed by atoms with Crippen molar-refractivity contribution in [3.8, 4) is 5.75 Å². The van der Waals surface area contributed by atoms with E-state index in [4.69, 9.17) is 4.74 Å². The number of nitro groups is 1. The predicted octanol–water partition coefficient (Wildman–Crippen LogP) is 1.61. The number of carbonyl (C=O) groups excluding carboxylic acids is 1. The predicted molar refractivity (Wildman–Crippen MR) is 72.9 cm³/mol. The van der Waals surface area contributed by atoms with E-state index in [2.05, 4.69) is 0 Å². The van der Waals surface area contributed by atoms with Crippen molar-refractivity contribution in [2.45, 2.75) is 19.1 Å². The number of rotatable bonds is 7. The number of nitro benzene ring substituents is 1. The summed E-state index contributed by atoms with van der Waals surface area (Å²) in [6.45, 7) is 2.89. The Morgan fingerprint density at radius 3 is 2.55 bits per heavy atom. The maximum absolute atomic E-state index is 11.6. The Morgan fingerprint density at radius 2 is 2.05 bits per heavy atom. The van der Waals surface area contributed by atoms with Gasteiger partial charge in [0, 0.05) is 11.6 Å². The molecule has 8 heteroatoms. The molecule has 0 aliphatic heterocycles. The maximum atomic E-state index is 11.6. The van der Waals surface area contributed by atoms with Gasteiger partial charge < -0.3 is 4.74 Å². The van der Waals surface area contributed by atoms with Gasteiger partial charge in [-0.25, -0.2) is 8.42 Å². The third-order valence-corrected chi connectivity index (χ3v) is 4.83. The minimum absolute atomic E-state index is 0.112. The second-order valence-electron chi connectivity index (χ2n) is 4.37. The minimum atomic E-state index is -3.28. The lowest BCUT2D eigenvalue weighted by Crippen LogP contribution is -2.22. The Labute approximate surface area is 116 Å². The number of hydrogen-bond donors (Lipinski definition) is 0. The summed E-state index contributed by atoms with van der Waals surface area (Å²) in [6, 6.07) is 3.66. The molecular weight excluding hydrogens is 286 g/mol. The van der Waals surface area contributed by atoms with Crippen LogP contribution < -0.4 is 4.74 Å². The summed E-state index contributed by atoms with van der Waals surface area (Å²) < 4.78 is 28.3. The van der Waals surface area contributed by atoms with Crippen molar-refractivity contribution in [1.29, 1.82) is 0 Å². The van der Waals surface area contributed by atoms with Crippen LogP contribution in [-0.4, -0.2) is 37.2 Å². The van der Waals surface area contributed by atoms with Crippen molar-refractivity contribution in [1.82, 2.24) is 0 Å². The number of carbonyl (C=O) groups is 1. The lowest BCUT2D eigenvalue weighted by atomic mass is 10.2. The summed E-state index contributed by atoms with van der Waals surface area (Å²) in [5, 5.41) is 10.3. The van der Waals surface area contributed by atoms with Crippen molar-refractivity contribution < 1.29 is 22.9 Å². The quantitative estimate of drug-likeness (QED) is 0.430. The number of aldehydes is 1. The van der Waals surface area contributed by atoms with Gasteiger partial charge in [-0.05, 0) is 26.0 Å². The molecule has 0 unspecified atom stereocenters. The smallest absolute Gasteiger partial charge is 0.310 e. The zero-order valence-electron chi connectivity index (χ0n) is 11.1. The van der Waals surface area contributed by atoms with Crippen LogP contribution in [0.5, 0.6) is 5.75 Å². The molecule has 0 spiro atoms. The van der Waals surface area contributed by atoms with Crippen molar-refractivity contribution in [2.24, 2.45) is 0 Å². The second-order valence-corrected chi connectivity index (χ2v) is 7.04. The van der Waals surface area contributed by atoms with Crippen LogP contribution in [-0.2, 0) is 9.84 Å². The summed E-state index contributed by atoms with van der Waals surface area (Å²) in [7, 11) is -3.28. The molecule has 0 heterocycles. The highest BCUT2D eigenvalue weighted by molar-refractivity contribution is 7.91. The molecule has 0 fully saturated rings. The van der Waals surface area contributed by atoms with Crippen molar-refractivity contribution in [2.75, 3.05) is 12.4 Å². The Morgan fingerprint density at radius 1 is 1.40 bits per heavy atom. The van der Waals surface area contributed by atoms with Gasteiger partial charge in [0.05, 0.1) is 15.9 Å². The molecule has 0 saturated carbocycles. The molecule has 1 aromatic carbocycles. The molecule has 0 radical (unpaired) electrons. The molecule has 0 atom stereocenters. The molecule has 110 valence electrons. The maximum Gasteiger partial charge on any atom is 0.310 e. The van der Waals surface area contributed by atoms with Gasteiger partial charge in [0.15, 0.2) is 15.6 Å².